The van der Waals surface area contributed by atoms with Crippen molar-refractivity contribution in [1.29, 1.82) is 0 Å². The van der Waals surface area contributed by atoms with E-state index in [1.54, 1.807) is 0 Å². The summed E-state index contributed by atoms with van der Waals surface area (Å²) in [5, 5.41) is 4.33. The van der Waals surface area contributed by atoms with Crippen molar-refractivity contribution >= 4 is 18.5 Å². The molecule has 0 aromatic carbocycles. The van der Waals surface area contributed by atoms with Gasteiger partial charge in [-0.15, -0.1) is 0 Å². The zero-order valence-electron chi connectivity index (χ0n) is 9.26. The second-order valence-electron chi connectivity index (χ2n) is 3.09. The van der Waals surface area contributed by atoms with Gasteiger partial charge in [-0.1, -0.05) is 12.2 Å². The van der Waals surface area contributed by atoms with Gasteiger partial charge in [0.1, 0.15) is 0 Å². The van der Waals surface area contributed by atoms with Crippen LogP contribution in [0.4, 0.5) is 0 Å². The van der Waals surface area contributed by atoms with Crippen LogP contribution in [0.3, 0.4) is 0 Å². The van der Waals surface area contributed by atoms with E-state index in [-0.39, 0.29) is 10.9 Å². The molecular weight excluding hydrogens is 231 g/mol. The monoisotopic (exact) mass is 250 g/mol. The molecule has 1 heterocycles. The van der Waals surface area contributed by atoms with Crippen molar-refractivity contribution in [3.63, 3.8) is 0 Å². The smallest absolute Gasteiger partial charge is 0.309 e. The number of hydrogen-bond donors (Lipinski definition) is 1. The number of hydrogen-bond acceptors (Lipinski definition) is 3. The molecule has 1 rings (SSSR count). The van der Waals surface area contributed by atoms with Gasteiger partial charge in [0, 0.05) is 0 Å². The molecule has 0 saturated heterocycles. The van der Waals surface area contributed by atoms with Gasteiger partial charge in [-0.25, -0.2) is 10.9 Å². The summed E-state index contributed by atoms with van der Waals surface area (Å²) in [7, 11) is -3.05. The molecule has 0 bridgehead atoms. The van der Waals surface area contributed by atoms with Gasteiger partial charge in [0.25, 0.3) is 0 Å². The van der Waals surface area contributed by atoms with Crippen LogP contribution in [-0.4, -0.2) is 25.1 Å². The number of rotatable bonds is 7. The Labute approximate surface area is 94.4 Å². The third-order valence-electron chi connectivity index (χ3n) is 1.95. The molecule has 5 heteroatoms. The molecule has 1 aliphatic heterocycles. The van der Waals surface area contributed by atoms with E-state index in [1.165, 1.54) is 0 Å². The van der Waals surface area contributed by atoms with Crippen LogP contribution >= 0.6 is 18.5 Å². The average Bonchev–Trinajstić information content (AvgIpc) is 2.68. The SMILES string of the molecule is CCOP(=O)(CC[SH]1C=CC=C1)OCC. The van der Waals surface area contributed by atoms with Crippen molar-refractivity contribution in [1.82, 2.24) is 0 Å². The fourth-order valence-electron chi connectivity index (χ4n) is 1.32. The highest BCUT2D eigenvalue weighted by Crippen LogP contribution is 2.50. The lowest BCUT2D eigenvalue weighted by Crippen LogP contribution is -2.02. The lowest BCUT2D eigenvalue weighted by molar-refractivity contribution is 0.221. The van der Waals surface area contributed by atoms with Gasteiger partial charge in [-0.3, -0.25) is 4.57 Å². The third kappa shape index (κ3) is 4.56. The average molecular weight is 250 g/mol. The molecule has 0 atom stereocenters. The molecule has 0 N–H and O–H groups in total. The fourth-order valence-corrected chi connectivity index (χ4v) is 5.38. The Kier molecular flexibility index (Phi) is 5.69. The predicted octanol–water partition coefficient (Wildman–Crippen LogP) is 3.29. The minimum Gasteiger partial charge on any atom is -0.309 e. The fraction of sp³-hybridized carbons (Fsp3) is 0.600. The zero-order valence-corrected chi connectivity index (χ0v) is 11.0. The predicted molar refractivity (Wildman–Crippen MR) is 67.9 cm³/mol. The van der Waals surface area contributed by atoms with Gasteiger partial charge in [0.15, 0.2) is 0 Å². The molecule has 0 aliphatic carbocycles. The summed E-state index contributed by atoms with van der Waals surface area (Å²) < 4.78 is 22.5. The summed E-state index contributed by atoms with van der Waals surface area (Å²) >= 11 is 0. The van der Waals surface area contributed by atoms with E-state index in [2.05, 4.69) is 10.8 Å². The van der Waals surface area contributed by atoms with Crippen molar-refractivity contribution in [2.75, 3.05) is 25.1 Å². The summed E-state index contributed by atoms with van der Waals surface area (Å²) in [5.41, 5.74) is 0. The molecule has 0 saturated carbocycles. The quantitative estimate of drug-likeness (QED) is 0.556. The maximum Gasteiger partial charge on any atom is 0.331 e. The van der Waals surface area contributed by atoms with Crippen LogP contribution in [0.2, 0.25) is 0 Å². The van der Waals surface area contributed by atoms with Gasteiger partial charge in [0.05, 0.1) is 19.4 Å². The van der Waals surface area contributed by atoms with Gasteiger partial charge in [-0.2, -0.15) is 0 Å². The summed E-state index contributed by atoms with van der Waals surface area (Å²) in [4.78, 5) is 0. The molecule has 3 nitrogen and oxygen atoms in total. The molecule has 0 unspecified atom stereocenters. The van der Waals surface area contributed by atoms with E-state index in [4.69, 9.17) is 9.05 Å². The molecule has 0 radical (unpaired) electrons. The maximum absolute atomic E-state index is 12.1. The molecular formula is C10H19O3PS. The van der Waals surface area contributed by atoms with E-state index in [1.807, 2.05) is 26.0 Å². The van der Waals surface area contributed by atoms with Crippen molar-refractivity contribution in [2.24, 2.45) is 0 Å². The molecule has 88 valence electrons. The van der Waals surface area contributed by atoms with Crippen molar-refractivity contribution in [3.8, 4) is 0 Å². The molecule has 0 aromatic heterocycles. The summed E-state index contributed by atoms with van der Waals surface area (Å²) in [5.74, 6) is 0.889. The van der Waals surface area contributed by atoms with Crippen molar-refractivity contribution in [2.45, 2.75) is 13.8 Å². The Morgan fingerprint density at radius 1 is 1.13 bits per heavy atom. The van der Waals surface area contributed by atoms with Crippen LogP contribution in [0.25, 0.3) is 0 Å². The highest BCUT2D eigenvalue weighted by Gasteiger charge is 2.23. The van der Waals surface area contributed by atoms with Gasteiger partial charge in [0.2, 0.25) is 0 Å². The third-order valence-corrected chi connectivity index (χ3v) is 6.23. The van der Waals surface area contributed by atoms with E-state index in [0.29, 0.717) is 19.4 Å². The number of thiol groups is 1. The van der Waals surface area contributed by atoms with Crippen LogP contribution < -0.4 is 0 Å². The van der Waals surface area contributed by atoms with Crippen molar-refractivity contribution in [3.05, 3.63) is 23.0 Å². The standard InChI is InChI=1S/C10H19O3PS/c1-3-12-14(11,13-4-2)7-10-15-8-5-6-9-15/h5-6,8-9,15H,3-4,7,10H2,1-2H3. The molecule has 0 spiro atoms. The minimum absolute atomic E-state index is 0.224. The van der Waals surface area contributed by atoms with Gasteiger partial charge >= 0.3 is 7.60 Å². The summed E-state index contributed by atoms with van der Waals surface area (Å²) in [6.45, 7) is 4.57. The second-order valence-corrected chi connectivity index (χ2v) is 7.35. The molecule has 0 amide bonds. The first-order valence-electron chi connectivity index (χ1n) is 5.19. The lowest BCUT2D eigenvalue weighted by Gasteiger charge is -2.18. The van der Waals surface area contributed by atoms with E-state index < -0.39 is 7.60 Å². The first-order chi connectivity index (χ1) is 7.20. The molecule has 0 aromatic rings. The molecule has 1 aliphatic rings. The highest BCUT2D eigenvalue weighted by atomic mass is 32.2. The van der Waals surface area contributed by atoms with Gasteiger partial charge in [-0.05, 0) is 30.4 Å². The van der Waals surface area contributed by atoms with Crippen LogP contribution in [0.15, 0.2) is 23.0 Å². The van der Waals surface area contributed by atoms with E-state index in [0.717, 1.165) is 5.75 Å². The highest BCUT2D eigenvalue weighted by molar-refractivity contribution is 8.22. The topological polar surface area (TPSA) is 35.5 Å². The summed E-state index contributed by atoms with van der Waals surface area (Å²) in [6.07, 6.45) is 4.60. The Bertz CT molecular complexity index is 266. The Morgan fingerprint density at radius 2 is 1.67 bits per heavy atom. The molecule has 0 fully saturated rings. The minimum atomic E-state index is -2.82. The number of allylic oxidation sites excluding steroid dienone is 2. The first kappa shape index (κ1) is 13.0. The largest absolute Gasteiger partial charge is 0.331 e. The Balaban J connectivity index is 2.40. The van der Waals surface area contributed by atoms with Crippen LogP contribution in [0, 0.1) is 0 Å². The van der Waals surface area contributed by atoms with E-state index >= 15 is 0 Å². The van der Waals surface area contributed by atoms with Crippen molar-refractivity contribution < 1.29 is 13.6 Å². The van der Waals surface area contributed by atoms with Crippen LogP contribution in [0.5, 0.6) is 0 Å². The molecule has 15 heavy (non-hydrogen) atoms. The Morgan fingerprint density at radius 3 is 2.13 bits per heavy atom. The van der Waals surface area contributed by atoms with Crippen LogP contribution in [0.1, 0.15) is 13.8 Å². The van der Waals surface area contributed by atoms with Gasteiger partial charge < -0.3 is 9.05 Å². The maximum atomic E-state index is 12.1. The van der Waals surface area contributed by atoms with E-state index in [9.17, 15) is 4.57 Å². The van der Waals surface area contributed by atoms with Crippen LogP contribution in [-0.2, 0) is 13.6 Å². The Hall–Kier alpha value is -0.0200. The normalized spacial score (nSPS) is 17.6. The first-order valence-corrected chi connectivity index (χ1v) is 8.58. The summed E-state index contributed by atoms with van der Waals surface area (Å²) in [6, 6.07) is 0. The zero-order chi connectivity index (χ0) is 11.1. The second kappa shape index (κ2) is 6.54. The lowest BCUT2D eigenvalue weighted by atomic mass is 10.6.